The van der Waals surface area contributed by atoms with E-state index >= 15 is 0 Å². The summed E-state index contributed by atoms with van der Waals surface area (Å²) in [7, 11) is 1.26. The van der Waals surface area contributed by atoms with Crippen LogP contribution in [-0.2, 0) is 35.1 Å². The molecule has 5 rings (SSSR count). The predicted molar refractivity (Wildman–Crippen MR) is 152 cm³/mol. The standard InChI is InChI=1S/C33H43NO7/c1-32-16-14-23(36)19-21(32)6-9-24-25-10-11-28(33(25,2)17-15-26(24)32)41-30(38)13-12-29(37)34-27(31(39)40-3)18-20-4-7-22(35)8-5-20/h4-5,7-8,19,24-28,35H,6,9-18H2,1-3H3,(H,34,37)/t24?,25?,26?,27?,28?,32-,33-/m0/s1. The molecule has 0 bridgehead atoms. The van der Waals surface area contributed by atoms with E-state index in [1.54, 1.807) is 12.1 Å². The van der Waals surface area contributed by atoms with Crippen molar-refractivity contribution in [3.05, 3.63) is 41.5 Å². The molecular weight excluding hydrogens is 522 g/mol. The number of esters is 2. The number of phenolic OH excluding ortho intramolecular Hbond substituents is 1. The monoisotopic (exact) mass is 565 g/mol. The molecule has 3 saturated carbocycles. The van der Waals surface area contributed by atoms with E-state index in [1.807, 2.05) is 6.08 Å². The minimum Gasteiger partial charge on any atom is -0.508 e. The highest BCUT2D eigenvalue weighted by Crippen LogP contribution is 2.65. The van der Waals surface area contributed by atoms with Crippen LogP contribution in [0, 0.1) is 28.6 Å². The Labute approximate surface area is 242 Å². The van der Waals surface area contributed by atoms with Crippen molar-refractivity contribution in [3.63, 3.8) is 0 Å². The summed E-state index contributed by atoms with van der Waals surface area (Å²) < 4.78 is 10.9. The molecule has 2 N–H and O–H groups in total. The van der Waals surface area contributed by atoms with E-state index in [9.17, 15) is 24.3 Å². The lowest BCUT2D eigenvalue weighted by Crippen LogP contribution is -2.51. The molecule has 0 aliphatic heterocycles. The smallest absolute Gasteiger partial charge is 0.328 e. The van der Waals surface area contributed by atoms with Gasteiger partial charge in [0.05, 0.1) is 13.5 Å². The Morgan fingerprint density at radius 2 is 1.76 bits per heavy atom. The van der Waals surface area contributed by atoms with Crippen LogP contribution in [0.15, 0.2) is 35.9 Å². The molecule has 0 radical (unpaired) electrons. The predicted octanol–water partition coefficient (Wildman–Crippen LogP) is 4.82. The summed E-state index contributed by atoms with van der Waals surface area (Å²) in [6, 6.07) is 5.49. The highest BCUT2D eigenvalue weighted by molar-refractivity contribution is 5.91. The number of ketones is 1. The Balaban J connectivity index is 1.15. The van der Waals surface area contributed by atoms with Gasteiger partial charge < -0.3 is 19.9 Å². The van der Waals surface area contributed by atoms with Gasteiger partial charge >= 0.3 is 11.9 Å². The van der Waals surface area contributed by atoms with Gasteiger partial charge in [0.1, 0.15) is 17.9 Å². The average Bonchev–Trinajstić information content (AvgIpc) is 3.28. The molecule has 7 atom stereocenters. The van der Waals surface area contributed by atoms with Crippen LogP contribution < -0.4 is 5.32 Å². The minimum atomic E-state index is -0.896. The molecular formula is C33H43NO7. The molecule has 0 heterocycles. The first kappa shape index (κ1) is 29.3. The lowest BCUT2D eigenvalue weighted by atomic mass is 9.47. The van der Waals surface area contributed by atoms with Crippen molar-refractivity contribution in [2.75, 3.05) is 7.11 Å². The van der Waals surface area contributed by atoms with Gasteiger partial charge in [-0.05, 0) is 91.9 Å². The molecule has 8 heteroatoms. The molecule has 4 aliphatic carbocycles. The Hall–Kier alpha value is -3.16. The summed E-state index contributed by atoms with van der Waals surface area (Å²) >= 11 is 0. The summed E-state index contributed by atoms with van der Waals surface area (Å²) in [5.41, 5.74) is 2.16. The third kappa shape index (κ3) is 5.80. The number of amides is 1. The van der Waals surface area contributed by atoms with E-state index in [0.717, 1.165) is 50.5 Å². The number of phenols is 1. The number of nitrogens with one attached hydrogen (secondary N) is 1. The van der Waals surface area contributed by atoms with E-state index in [4.69, 9.17) is 9.47 Å². The Kier molecular flexibility index (Phi) is 8.31. The van der Waals surface area contributed by atoms with Gasteiger partial charge in [0.25, 0.3) is 0 Å². The second-order valence-corrected chi connectivity index (χ2v) is 13.1. The van der Waals surface area contributed by atoms with Gasteiger partial charge in [-0.2, -0.15) is 0 Å². The third-order valence-electron chi connectivity index (χ3n) is 10.9. The van der Waals surface area contributed by atoms with Crippen LogP contribution >= 0.6 is 0 Å². The van der Waals surface area contributed by atoms with Gasteiger partial charge in [-0.15, -0.1) is 0 Å². The van der Waals surface area contributed by atoms with Gasteiger partial charge in [-0.1, -0.05) is 31.6 Å². The molecule has 5 unspecified atom stereocenters. The molecule has 222 valence electrons. The van der Waals surface area contributed by atoms with Crippen molar-refractivity contribution in [2.45, 2.75) is 96.6 Å². The van der Waals surface area contributed by atoms with Crippen molar-refractivity contribution in [1.82, 2.24) is 5.32 Å². The van der Waals surface area contributed by atoms with Crippen LogP contribution in [0.5, 0.6) is 5.75 Å². The summed E-state index contributed by atoms with van der Waals surface area (Å²) in [6.45, 7) is 4.66. The van der Waals surface area contributed by atoms with Crippen molar-refractivity contribution >= 4 is 23.6 Å². The maximum absolute atomic E-state index is 12.9. The molecule has 1 amide bonds. The largest absolute Gasteiger partial charge is 0.508 e. The number of carbonyl (C=O) groups excluding carboxylic acids is 4. The first-order valence-electron chi connectivity index (χ1n) is 15.1. The fraction of sp³-hybridized carbons (Fsp3) is 0.636. The normalized spacial score (nSPS) is 33.0. The summed E-state index contributed by atoms with van der Waals surface area (Å²) in [5, 5.41) is 12.2. The van der Waals surface area contributed by atoms with Crippen LogP contribution in [0.2, 0.25) is 0 Å². The highest BCUT2D eigenvalue weighted by atomic mass is 16.5. The van der Waals surface area contributed by atoms with Crippen LogP contribution in [0.1, 0.15) is 83.6 Å². The highest BCUT2D eigenvalue weighted by Gasteiger charge is 2.60. The van der Waals surface area contributed by atoms with E-state index < -0.39 is 17.9 Å². The number of carbonyl (C=O) groups is 4. The molecule has 1 aromatic rings. The molecule has 0 aromatic heterocycles. The minimum absolute atomic E-state index is 0.0531. The first-order valence-corrected chi connectivity index (χ1v) is 15.1. The fourth-order valence-corrected chi connectivity index (χ4v) is 8.61. The zero-order valence-corrected chi connectivity index (χ0v) is 24.4. The number of ether oxygens (including phenoxy) is 2. The topological polar surface area (TPSA) is 119 Å². The fourth-order valence-electron chi connectivity index (χ4n) is 8.61. The lowest BCUT2D eigenvalue weighted by molar-refractivity contribution is -0.160. The molecule has 8 nitrogen and oxygen atoms in total. The maximum atomic E-state index is 12.9. The number of benzene rings is 1. The Bertz CT molecular complexity index is 1220. The molecule has 41 heavy (non-hydrogen) atoms. The van der Waals surface area contributed by atoms with Crippen LogP contribution in [-0.4, -0.2) is 48.0 Å². The number of allylic oxidation sites excluding steroid dienone is 1. The average molecular weight is 566 g/mol. The Morgan fingerprint density at radius 1 is 1.00 bits per heavy atom. The van der Waals surface area contributed by atoms with Crippen LogP contribution in [0.3, 0.4) is 0 Å². The van der Waals surface area contributed by atoms with Gasteiger partial charge in [-0.3, -0.25) is 14.4 Å². The SMILES string of the molecule is COC(=O)C(Cc1ccc(O)cc1)NC(=O)CCC(=O)OC1CCC2C3CCC4=CC(=O)CC[C@]4(C)C3CC[C@]12C. The van der Waals surface area contributed by atoms with Crippen molar-refractivity contribution in [1.29, 1.82) is 0 Å². The van der Waals surface area contributed by atoms with E-state index in [1.165, 1.54) is 24.8 Å². The molecule has 3 fully saturated rings. The number of hydrogen-bond acceptors (Lipinski definition) is 7. The maximum Gasteiger partial charge on any atom is 0.328 e. The second-order valence-electron chi connectivity index (χ2n) is 13.1. The molecule has 0 spiro atoms. The second kappa shape index (κ2) is 11.6. The number of hydrogen-bond donors (Lipinski definition) is 2. The third-order valence-corrected chi connectivity index (χ3v) is 10.9. The van der Waals surface area contributed by atoms with E-state index in [2.05, 4.69) is 19.2 Å². The zero-order valence-electron chi connectivity index (χ0n) is 24.4. The Morgan fingerprint density at radius 3 is 2.49 bits per heavy atom. The lowest BCUT2D eigenvalue weighted by Gasteiger charge is -2.57. The number of methoxy groups -OCH3 is 1. The summed E-state index contributed by atoms with van der Waals surface area (Å²) in [4.78, 5) is 50.0. The van der Waals surface area contributed by atoms with Crippen molar-refractivity contribution < 1.29 is 33.8 Å². The molecule has 4 aliphatic rings. The van der Waals surface area contributed by atoms with Gasteiger partial charge in [0.15, 0.2) is 5.78 Å². The number of fused-ring (bicyclic) bond motifs is 5. The van der Waals surface area contributed by atoms with Crippen molar-refractivity contribution in [2.24, 2.45) is 28.6 Å². The number of aromatic hydroxyl groups is 1. The van der Waals surface area contributed by atoms with Crippen LogP contribution in [0.4, 0.5) is 0 Å². The van der Waals surface area contributed by atoms with E-state index in [-0.39, 0.29) is 53.7 Å². The van der Waals surface area contributed by atoms with Gasteiger partial charge in [0.2, 0.25) is 5.91 Å². The summed E-state index contributed by atoms with van der Waals surface area (Å²) in [5.74, 6) is 0.677. The quantitative estimate of drug-likeness (QED) is 0.434. The van der Waals surface area contributed by atoms with Crippen LogP contribution in [0.25, 0.3) is 0 Å². The summed E-state index contributed by atoms with van der Waals surface area (Å²) in [6.07, 6.45) is 9.54. The zero-order chi connectivity index (χ0) is 29.4. The van der Waals surface area contributed by atoms with Gasteiger partial charge in [-0.25, -0.2) is 4.79 Å². The molecule has 1 aromatic carbocycles. The van der Waals surface area contributed by atoms with E-state index in [0.29, 0.717) is 24.2 Å². The molecule has 0 saturated heterocycles. The van der Waals surface area contributed by atoms with Crippen molar-refractivity contribution in [3.8, 4) is 5.75 Å². The number of rotatable bonds is 8. The van der Waals surface area contributed by atoms with Gasteiger partial charge in [0, 0.05) is 24.7 Å². The first-order chi connectivity index (χ1) is 19.5.